The van der Waals surface area contributed by atoms with Crippen molar-refractivity contribution in [2.75, 3.05) is 0 Å². The van der Waals surface area contributed by atoms with E-state index in [1.807, 2.05) is 0 Å². The lowest BCUT2D eigenvalue weighted by Crippen LogP contribution is -2.42. The number of aliphatic carboxylic acids is 2. The van der Waals surface area contributed by atoms with Crippen molar-refractivity contribution in [3.8, 4) is 0 Å². The molecule has 0 rings (SSSR count). The molecule has 2 N–H and O–H groups in total. The predicted molar refractivity (Wildman–Crippen MR) is 80.3 cm³/mol. The summed E-state index contributed by atoms with van der Waals surface area (Å²) in [6, 6.07) is 0. The largest absolute Gasteiger partial charge is 0.481 e. The van der Waals surface area contributed by atoms with Gasteiger partial charge in [0.25, 0.3) is 0 Å². The Kier molecular flexibility index (Phi) is 8.13. The third-order valence-electron chi connectivity index (χ3n) is 2.33. The molecular weight excluding hydrogens is 308 g/mol. The maximum Gasteiger partial charge on any atom is 0.303 e. The van der Waals surface area contributed by atoms with Crippen LogP contribution >= 0.6 is 0 Å². The van der Waals surface area contributed by atoms with Crippen LogP contribution in [-0.4, -0.2) is 39.1 Å². The molecule has 8 heteroatoms. The number of carboxylic acids is 2. The summed E-state index contributed by atoms with van der Waals surface area (Å²) in [6.07, 6.45) is -0.829. The molecule has 0 fully saturated rings. The molecule has 0 radical (unpaired) electrons. The zero-order valence-corrected chi connectivity index (χ0v) is 14.7. The van der Waals surface area contributed by atoms with Gasteiger partial charge in [0.05, 0.1) is 24.0 Å². The van der Waals surface area contributed by atoms with E-state index < -0.39 is 28.9 Å². The summed E-state index contributed by atoms with van der Waals surface area (Å²) in [4.78, 5) is 42.9. The Hall–Kier alpha value is -1.22. The molecule has 0 aliphatic heterocycles. The normalized spacial score (nSPS) is 13.1. The second kappa shape index (κ2) is 8.58. The van der Waals surface area contributed by atoms with Crippen LogP contribution in [-0.2, 0) is 29.1 Å². The average molecular weight is 336 g/mol. The van der Waals surface area contributed by atoms with Gasteiger partial charge >= 0.3 is 11.9 Å². The first-order valence-electron chi connectivity index (χ1n) is 7.42. The van der Waals surface area contributed by atoms with Crippen molar-refractivity contribution in [1.29, 1.82) is 0 Å². The topological polar surface area (TPSA) is 112 Å². The fraction of sp³-hybridized carbons (Fsp3) is 0.867. The van der Waals surface area contributed by atoms with E-state index in [1.54, 1.807) is 41.5 Å². The first kappa shape index (κ1) is 21.8. The molecule has 0 aromatic carbocycles. The monoisotopic (exact) mass is 336 g/mol. The zero-order valence-electron chi connectivity index (χ0n) is 14.7. The first-order valence-corrected chi connectivity index (χ1v) is 7.42. The Morgan fingerprint density at radius 3 is 1.22 bits per heavy atom. The molecule has 0 aromatic rings. The van der Waals surface area contributed by atoms with E-state index >= 15 is 0 Å². The number of carboxylic acid groups (broad SMARTS) is 2. The maximum absolute atomic E-state index is 10.9. The third kappa shape index (κ3) is 11.9. The van der Waals surface area contributed by atoms with Crippen molar-refractivity contribution < 1.29 is 39.4 Å². The molecule has 0 bridgehead atoms. The van der Waals surface area contributed by atoms with Crippen molar-refractivity contribution in [1.82, 2.24) is 0 Å². The maximum atomic E-state index is 10.9. The van der Waals surface area contributed by atoms with E-state index in [4.69, 9.17) is 29.8 Å². The zero-order chi connectivity index (χ0) is 18.3. The molecule has 0 aliphatic rings. The molecule has 23 heavy (non-hydrogen) atoms. The Labute approximate surface area is 136 Å². The van der Waals surface area contributed by atoms with Gasteiger partial charge in [-0.05, 0) is 41.5 Å². The molecule has 0 spiro atoms. The highest BCUT2D eigenvalue weighted by molar-refractivity contribution is 5.67. The smallest absolute Gasteiger partial charge is 0.303 e. The molecule has 8 nitrogen and oxygen atoms in total. The van der Waals surface area contributed by atoms with Crippen molar-refractivity contribution in [2.45, 2.75) is 84.2 Å². The minimum Gasteiger partial charge on any atom is -0.481 e. The minimum atomic E-state index is -1.63. The summed E-state index contributed by atoms with van der Waals surface area (Å²) in [6.45, 7) is 10.4. The highest BCUT2D eigenvalue weighted by atomic mass is 17.3. The van der Waals surface area contributed by atoms with Crippen LogP contribution < -0.4 is 0 Å². The molecule has 136 valence electrons. The highest BCUT2D eigenvalue weighted by Crippen LogP contribution is 2.30. The fourth-order valence-corrected chi connectivity index (χ4v) is 1.30. The SMILES string of the molecule is CC(C)(C)OOC(CCC(=O)O)(CCC(=O)O)OOC(C)(C)C. The predicted octanol–water partition coefficient (Wildman–Crippen LogP) is 2.91. The molecule has 0 aromatic heterocycles. The lowest BCUT2D eigenvalue weighted by Gasteiger charge is -2.34. The van der Waals surface area contributed by atoms with Gasteiger partial charge in [0.1, 0.15) is 0 Å². The van der Waals surface area contributed by atoms with Crippen molar-refractivity contribution in [2.24, 2.45) is 0 Å². The van der Waals surface area contributed by atoms with Gasteiger partial charge in [0, 0.05) is 12.8 Å². The lowest BCUT2D eigenvalue weighted by molar-refractivity contribution is -0.543. The van der Waals surface area contributed by atoms with E-state index in [0.29, 0.717) is 0 Å². The van der Waals surface area contributed by atoms with Gasteiger partial charge in [-0.1, -0.05) is 0 Å². The lowest BCUT2D eigenvalue weighted by atomic mass is 10.0. The summed E-state index contributed by atoms with van der Waals surface area (Å²) in [5, 5.41) is 17.8. The number of carbonyl (C=O) groups is 2. The Morgan fingerprint density at radius 2 is 1.00 bits per heavy atom. The molecule has 0 aliphatic carbocycles. The van der Waals surface area contributed by atoms with E-state index in [-0.39, 0.29) is 25.7 Å². The second-order valence-corrected chi connectivity index (χ2v) is 7.26. The highest BCUT2D eigenvalue weighted by Gasteiger charge is 2.39. The summed E-state index contributed by atoms with van der Waals surface area (Å²) >= 11 is 0. The number of hydrogen-bond donors (Lipinski definition) is 2. The Bertz CT molecular complexity index is 353. The Balaban J connectivity index is 5.21. The van der Waals surface area contributed by atoms with Crippen LogP contribution in [0.1, 0.15) is 67.2 Å². The molecule has 0 atom stereocenters. The van der Waals surface area contributed by atoms with Crippen LogP contribution in [0.4, 0.5) is 0 Å². The van der Waals surface area contributed by atoms with Gasteiger partial charge in [-0.2, -0.15) is 9.78 Å². The Morgan fingerprint density at radius 1 is 0.696 bits per heavy atom. The van der Waals surface area contributed by atoms with E-state index in [1.165, 1.54) is 0 Å². The van der Waals surface area contributed by atoms with Crippen LogP contribution in [0.15, 0.2) is 0 Å². The van der Waals surface area contributed by atoms with Gasteiger partial charge < -0.3 is 10.2 Å². The minimum absolute atomic E-state index is 0.123. The number of hydrogen-bond acceptors (Lipinski definition) is 6. The molecule has 0 amide bonds. The van der Waals surface area contributed by atoms with Crippen LogP contribution in [0, 0.1) is 0 Å². The van der Waals surface area contributed by atoms with Gasteiger partial charge in [0.2, 0.25) is 5.79 Å². The summed E-state index contributed by atoms with van der Waals surface area (Å²) < 4.78 is 0. The third-order valence-corrected chi connectivity index (χ3v) is 2.33. The standard InChI is InChI=1S/C15H28O8/c1-13(2,3)20-22-15(9-7-11(16)17,10-8-12(18)19)23-21-14(4,5)6/h7-10H2,1-6H3,(H,16,17)(H,18,19). The van der Waals surface area contributed by atoms with Gasteiger partial charge in [-0.15, -0.1) is 0 Å². The van der Waals surface area contributed by atoms with Gasteiger partial charge in [-0.3, -0.25) is 9.59 Å². The molecule has 0 heterocycles. The van der Waals surface area contributed by atoms with E-state index in [9.17, 15) is 9.59 Å². The summed E-state index contributed by atoms with van der Waals surface area (Å²) in [5.74, 6) is -3.76. The van der Waals surface area contributed by atoms with Crippen molar-refractivity contribution in [3.05, 3.63) is 0 Å². The second-order valence-electron chi connectivity index (χ2n) is 7.26. The molecule has 0 saturated carbocycles. The van der Waals surface area contributed by atoms with Crippen LogP contribution in [0.25, 0.3) is 0 Å². The van der Waals surface area contributed by atoms with Crippen molar-refractivity contribution in [3.63, 3.8) is 0 Å². The van der Waals surface area contributed by atoms with Crippen LogP contribution in [0.3, 0.4) is 0 Å². The first-order chi connectivity index (χ1) is 10.2. The van der Waals surface area contributed by atoms with Crippen LogP contribution in [0.5, 0.6) is 0 Å². The molecule has 0 saturated heterocycles. The summed E-state index contributed by atoms with van der Waals surface area (Å²) in [5.41, 5.74) is -1.38. The van der Waals surface area contributed by atoms with Gasteiger partial charge in [0.15, 0.2) is 0 Å². The molecular formula is C15H28O8. The summed E-state index contributed by atoms with van der Waals surface area (Å²) in [7, 11) is 0. The molecule has 0 unspecified atom stereocenters. The average Bonchev–Trinajstić information content (AvgIpc) is 2.34. The van der Waals surface area contributed by atoms with Crippen molar-refractivity contribution >= 4 is 11.9 Å². The van der Waals surface area contributed by atoms with Gasteiger partial charge in [-0.25, -0.2) is 9.78 Å². The van der Waals surface area contributed by atoms with E-state index in [2.05, 4.69) is 0 Å². The fourth-order valence-electron chi connectivity index (χ4n) is 1.30. The van der Waals surface area contributed by atoms with E-state index in [0.717, 1.165) is 0 Å². The van der Waals surface area contributed by atoms with Crippen LogP contribution in [0.2, 0.25) is 0 Å². The number of rotatable bonds is 10. The quantitative estimate of drug-likeness (QED) is 0.356.